The van der Waals surface area contributed by atoms with Crippen LogP contribution < -0.4 is 0 Å². The Balaban J connectivity index is 1.54. The fraction of sp³-hybridized carbons (Fsp3) is 0.500. The summed E-state index contributed by atoms with van der Waals surface area (Å²) < 4.78 is 5.30. The van der Waals surface area contributed by atoms with Crippen LogP contribution in [0.4, 0.5) is 0 Å². The Bertz CT molecular complexity index is 847. The number of piperidine rings is 1. The van der Waals surface area contributed by atoms with Crippen molar-refractivity contribution in [3.63, 3.8) is 0 Å². The van der Waals surface area contributed by atoms with Crippen LogP contribution in [0, 0.1) is 19.8 Å². The smallest absolute Gasteiger partial charge is 0.257 e. The van der Waals surface area contributed by atoms with Crippen molar-refractivity contribution in [1.82, 2.24) is 15.0 Å². The monoisotopic (exact) mass is 389 g/mol. The lowest BCUT2D eigenvalue weighted by atomic mass is 9.94. The largest absolute Gasteiger partial charge is 0.507 e. The number of aryl methyl sites for hydroxylation is 2. The summed E-state index contributed by atoms with van der Waals surface area (Å²) in [5.41, 5.74) is 2.36. The summed E-state index contributed by atoms with van der Waals surface area (Å²) in [6, 6.07) is 4.76. The highest BCUT2D eigenvalue weighted by Gasteiger charge is 2.38. The van der Waals surface area contributed by atoms with Gasteiger partial charge < -0.3 is 14.5 Å². The van der Waals surface area contributed by atoms with E-state index >= 15 is 0 Å². The molecule has 5 rings (SSSR count). The van der Waals surface area contributed by atoms with Gasteiger partial charge >= 0.3 is 0 Å². The van der Waals surface area contributed by atoms with Gasteiger partial charge in [-0.05, 0) is 50.8 Å². The first-order valence-corrected chi connectivity index (χ1v) is 9.73. The molecule has 2 atom stereocenters. The molecule has 1 N–H and O–H groups in total. The number of benzene rings is 1. The lowest BCUT2D eigenvalue weighted by Gasteiger charge is -2.36. The fourth-order valence-corrected chi connectivity index (χ4v) is 4.51. The molecule has 0 spiro atoms. The van der Waals surface area contributed by atoms with E-state index in [-0.39, 0.29) is 23.3 Å². The Kier molecular flexibility index (Phi) is 4.86. The van der Waals surface area contributed by atoms with Gasteiger partial charge in [-0.15, -0.1) is 0 Å². The first-order chi connectivity index (χ1) is 12.9. The second kappa shape index (κ2) is 7.17. The van der Waals surface area contributed by atoms with Crippen LogP contribution in [0.3, 0.4) is 0 Å². The molecule has 1 aromatic heterocycles. The third-order valence-electron chi connectivity index (χ3n) is 5.80. The molecule has 1 aromatic carbocycles. The molecule has 3 aliphatic heterocycles. The summed E-state index contributed by atoms with van der Waals surface area (Å²) in [4.78, 5) is 17.4. The molecule has 3 aliphatic rings. The van der Waals surface area contributed by atoms with Crippen LogP contribution >= 0.6 is 11.6 Å². The topological polar surface area (TPSA) is 69.8 Å². The summed E-state index contributed by atoms with van der Waals surface area (Å²) >= 11 is 6.04. The van der Waals surface area contributed by atoms with Gasteiger partial charge in [-0.25, -0.2) is 0 Å². The van der Waals surface area contributed by atoms with E-state index in [1.807, 2.05) is 18.7 Å². The zero-order chi connectivity index (χ0) is 19.1. The van der Waals surface area contributed by atoms with Gasteiger partial charge in [0.2, 0.25) is 0 Å². The minimum Gasteiger partial charge on any atom is -0.507 e. The normalized spacial score (nSPS) is 22.9. The summed E-state index contributed by atoms with van der Waals surface area (Å²) in [6.07, 6.45) is 2.10. The molecule has 6 nitrogen and oxygen atoms in total. The van der Waals surface area contributed by atoms with Crippen molar-refractivity contribution in [2.45, 2.75) is 39.3 Å². The Hall–Kier alpha value is -2.05. The molecule has 0 aliphatic carbocycles. The van der Waals surface area contributed by atoms with Crippen LogP contribution in [0.1, 0.15) is 40.2 Å². The molecule has 0 unspecified atom stereocenters. The van der Waals surface area contributed by atoms with E-state index in [4.69, 9.17) is 16.1 Å². The van der Waals surface area contributed by atoms with Crippen molar-refractivity contribution >= 4 is 17.5 Å². The Morgan fingerprint density at radius 2 is 2.11 bits per heavy atom. The number of phenolic OH excluding ortho intramolecular Hbond substituents is 1. The third kappa shape index (κ3) is 3.56. The second-order valence-electron chi connectivity index (χ2n) is 7.71. The van der Waals surface area contributed by atoms with Crippen molar-refractivity contribution in [1.29, 1.82) is 0 Å². The number of hydrogen-bond acceptors (Lipinski definition) is 5. The number of halogens is 1. The Morgan fingerprint density at radius 1 is 1.30 bits per heavy atom. The molecule has 144 valence electrons. The summed E-state index contributed by atoms with van der Waals surface area (Å²) in [7, 11) is 0. The van der Waals surface area contributed by atoms with Gasteiger partial charge in [-0.2, -0.15) is 0 Å². The first kappa shape index (κ1) is 18.3. The Labute approximate surface area is 163 Å². The number of hydrogen-bond donors (Lipinski definition) is 1. The predicted octanol–water partition coefficient (Wildman–Crippen LogP) is 3.39. The number of aromatic nitrogens is 1. The van der Waals surface area contributed by atoms with Crippen molar-refractivity contribution < 1.29 is 14.4 Å². The average molecular weight is 390 g/mol. The molecular weight excluding hydrogens is 366 g/mol. The van der Waals surface area contributed by atoms with E-state index in [0.717, 1.165) is 49.5 Å². The number of nitrogens with zero attached hydrogens (tertiary/aromatic N) is 3. The lowest BCUT2D eigenvalue weighted by molar-refractivity contribution is 0.0582. The zero-order valence-electron chi connectivity index (χ0n) is 15.6. The molecule has 0 saturated carbocycles. The number of phenols is 1. The zero-order valence-corrected chi connectivity index (χ0v) is 16.4. The van der Waals surface area contributed by atoms with Crippen molar-refractivity contribution in [3.05, 3.63) is 45.8 Å². The molecule has 4 heterocycles. The quantitative estimate of drug-likeness (QED) is 0.871. The first-order valence-electron chi connectivity index (χ1n) is 9.36. The van der Waals surface area contributed by atoms with E-state index in [1.54, 1.807) is 12.1 Å². The molecule has 0 radical (unpaired) electrons. The van der Waals surface area contributed by atoms with Gasteiger partial charge in [0.1, 0.15) is 11.5 Å². The van der Waals surface area contributed by atoms with Crippen LogP contribution in [0.25, 0.3) is 0 Å². The molecule has 3 fully saturated rings. The molecule has 2 bridgehead atoms. The maximum atomic E-state index is 13.1. The second-order valence-corrected chi connectivity index (χ2v) is 8.15. The standard InChI is InChI=1S/C20H24ClN3O3/c1-12-18(13(2)27-22-12)11-23-8-14-3-5-16(10-23)24(9-14)20(26)17-7-15(21)4-6-19(17)25/h4,6-7,14,16,25H,3,5,8-11H2,1-2H3/t14-,16+/m1/s1. The minimum absolute atomic E-state index is 0.0166. The maximum Gasteiger partial charge on any atom is 0.257 e. The summed E-state index contributed by atoms with van der Waals surface area (Å²) in [5, 5.41) is 14.6. The van der Waals surface area contributed by atoms with Gasteiger partial charge in [0.15, 0.2) is 0 Å². The predicted molar refractivity (Wildman–Crippen MR) is 102 cm³/mol. The number of carbonyl (C=O) groups is 1. The van der Waals surface area contributed by atoms with E-state index in [0.29, 0.717) is 17.5 Å². The molecule has 1 amide bonds. The van der Waals surface area contributed by atoms with Gasteiger partial charge in [-0.1, -0.05) is 16.8 Å². The van der Waals surface area contributed by atoms with E-state index < -0.39 is 0 Å². The van der Waals surface area contributed by atoms with Gasteiger partial charge in [0.25, 0.3) is 5.91 Å². The van der Waals surface area contributed by atoms with Crippen LogP contribution in [0.15, 0.2) is 22.7 Å². The summed E-state index contributed by atoms with van der Waals surface area (Å²) in [5.74, 6) is 1.14. The van der Waals surface area contributed by atoms with Crippen molar-refractivity contribution in [2.75, 3.05) is 19.6 Å². The molecule has 7 heteroatoms. The number of carbonyl (C=O) groups excluding carboxylic acids is 1. The van der Waals surface area contributed by atoms with Gasteiger partial charge in [0.05, 0.1) is 11.3 Å². The van der Waals surface area contributed by atoms with Crippen molar-refractivity contribution in [2.24, 2.45) is 5.92 Å². The highest BCUT2D eigenvalue weighted by atomic mass is 35.5. The third-order valence-corrected chi connectivity index (χ3v) is 6.04. The molecule has 3 saturated heterocycles. The molecule has 27 heavy (non-hydrogen) atoms. The summed E-state index contributed by atoms with van der Waals surface area (Å²) in [6.45, 7) is 7.18. The van der Waals surface area contributed by atoms with Gasteiger partial charge in [-0.3, -0.25) is 9.69 Å². The van der Waals surface area contributed by atoms with Crippen molar-refractivity contribution in [3.8, 4) is 5.75 Å². The van der Waals surface area contributed by atoms with Crippen LogP contribution in [0.2, 0.25) is 5.02 Å². The van der Waals surface area contributed by atoms with E-state index in [1.165, 1.54) is 6.07 Å². The molecular formula is C20H24ClN3O3. The maximum absolute atomic E-state index is 13.1. The average Bonchev–Trinajstić information content (AvgIpc) is 2.83. The number of fused-ring (bicyclic) bond motifs is 4. The Morgan fingerprint density at radius 3 is 2.85 bits per heavy atom. The van der Waals surface area contributed by atoms with Crippen LogP contribution in [0.5, 0.6) is 5.75 Å². The van der Waals surface area contributed by atoms with E-state index in [2.05, 4.69) is 10.1 Å². The highest BCUT2D eigenvalue weighted by molar-refractivity contribution is 6.31. The fourth-order valence-electron chi connectivity index (χ4n) is 4.34. The highest BCUT2D eigenvalue weighted by Crippen LogP contribution is 2.32. The molecule has 2 aromatic rings. The van der Waals surface area contributed by atoms with Crippen LogP contribution in [-0.2, 0) is 6.54 Å². The number of rotatable bonds is 3. The van der Waals surface area contributed by atoms with Gasteiger partial charge in [0, 0.05) is 42.8 Å². The number of amides is 1. The lowest BCUT2D eigenvalue weighted by Crippen LogP contribution is -2.47. The van der Waals surface area contributed by atoms with E-state index in [9.17, 15) is 9.90 Å². The number of aromatic hydroxyl groups is 1. The minimum atomic E-state index is -0.135. The SMILES string of the molecule is Cc1noc(C)c1CN1C[C@H]2CC[C@@H](C1)N(C(=O)c1cc(Cl)ccc1O)C2. The van der Waals surface area contributed by atoms with Crippen LogP contribution in [-0.4, -0.2) is 51.6 Å².